The molecule has 64 valence electrons. The smallest absolute Gasteiger partial charge is 0.0154 e. The third kappa shape index (κ3) is 1.94. The lowest BCUT2D eigenvalue weighted by Gasteiger charge is -2.27. The van der Waals surface area contributed by atoms with E-state index in [2.05, 4.69) is 17.6 Å². The van der Waals surface area contributed by atoms with Crippen LogP contribution in [0.1, 0.15) is 26.2 Å². The van der Waals surface area contributed by atoms with E-state index in [1.165, 1.54) is 38.9 Å². The van der Waals surface area contributed by atoms with E-state index in [4.69, 9.17) is 0 Å². The van der Waals surface area contributed by atoms with Crippen molar-refractivity contribution >= 4 is 0 Å². The summed E-state index contributed by atoms with van der Waals surface area (Å²) in [6.07, 6.45) is 4.13. The van der Waals surface area contributed by atoms with Gasteiger partial charge >= 0.3 is 0 Å². The van der Waals surface area contributed by atoms with Crippen LogP contribution in [0.5, 0.6) is 0 Å². The summed E-state index contributed by atoms with van der Waals surface area (Å²) in [6.45, 7) is 6.05. The first kappa shape index (κ1) is 7.56. The summed E-state index contributed by atoms with van der Waals surface area (Å²) in [7, 11) is 0. The van der Waals surface area contributed by atoms with Gasteiger partial charge in [-0.3, -0.25) is 0 Å². The van der Waals surface area contributed by atoms with Gasteiger partial charge in [0.2, 0.25) is 0 Å². The maximum Gasteiger partial charge on any atom is 0.0154 e. The SMILES string of the molecule is CC1(NCCC2CNC2)CC1. The summed E-state index contributed by atoms with van der Waals surface area (Å²) < 4.78 is 0. The standard InChI is InChI=1S/C9H18N2/c1-9(3-4-9)11-5-2-8-6-10-7-8/h8,10-11H,2-7H2,1H3. The maximum atomic E-state index is 3.60. The van der Waals surface area contributed by atoms with Crippen LogP contribution in [0.15, 0.2) is 0 Å². The van der Waals surface area contributed by atoms with Gasteiger partial charge in [0.1, 0.15) is 0 Å². The highest BCUT2D eigenvalue weighted by Gasteiger charge is 2.36. The van der Waals surface area contributed by atoms with Crippen molar-refractivity contribution in [1.82, 2.24) is 10.6 Å². The Morgan fingerprint density at radius 1 is 1.45 bits per heavy atom. The van der Waals surface area contributed by atoms with Gasteiger partial charge in [0, 0.05) is 5.54 Å². The molecule has 2 aliphatic rings. The van der Waals surface area contributed by atoms with Crippen molar-refractivity contribution in [3.05, 3.63) is 0 Å². The van der Waals surface area contributed by atoms with Gasteiger partial charge in [-0.05, 0) is 51.7 Å². The van der Waals surface area contributed by atoms with E-state index in [1.54, 1.807) is 0 Å². The normalized spacial score (nSPS) is 28.1. The molecule has 1 heterocycles. The van der Waals surface area contributed by atoms with Crippen LogP contribution in [0.25, 0.3) is 0 Å². The molecule has 0 bridgehead atoms. The third-order valence-electron chi connectivity index (χ3n) is 2.97. The number of rotatable bonds is 4. The second kappa shape index (κ2) is 2.76. The highest BCUT2D eigenvalue weighted by atomic mass is 15.0. The molecule has 1 saturated carbocycles. The number of nitrogens with one attached hydrogen (secondary N) is 2. The van der Waals surface area contributed by atoms with Crippen LogP contribution in [0.2, 0.25) is 0 Å². The minimum Gasteiger partial charge on any atom is -0.316 e. The monoisotopic (exact) mass is 154 g/mol. The van der Waals surface area contributed by atoms with Crippen molar-refractivity contribution in [2.75, 3.05) is 19.6 Å². The average molecular weight is 154 g/mol. The van der Waals surface area contributed by atoms with Gasteiger partial charge in [-0.25, -0.2) is 0 Å². The summed E-state index contributed by atoms with van der Waals surface area (Å²) in [6, 6.07) is 0. The second-order valence-corrected chi connectivity index (χ2v) is 4.30. The fourth-order valence-electron chi connectivity index (χ4n) is 1.49. The molecule has 0 atom stereocenters. The van der Waals surface area contributed by atoms with Gasteiger partial charge in [0.15, 0.2) is 0 Å². The molecule has 0 aromatic heterocycles. The minimum atomic E-state index is 0.539. The van der Waals surface area contributed by atoms with E-state index in [1.807, 2.05) is 0 Å². The molecule has 0 spiro atoms. The van der Waals surface area contributed by atoms with Crippen LogP contribution >= 0.6 is 0 Å². The molecule has 1 aliphatic carbocycles. The van der Waals surface area contributed by atoms with Crippen LogP contribution in [0, 0.1) is 5.92 Å². The van der Waals surface area contributed by atoms with Crippen molar-refractivity contribution < 1.29 is 0 Å². The van der Waals surface area contributed by atoms with Crippen molar-refractivity contribution in [3.63, 3.8) is 0 Å². The van der Waals surface area contributed by atoms with Gasteiger partial charge in [-0.1, -0.05) is 0 Å². The molecule has 2 rings (SSSR count). The van der Waals surface area contributed by atoms with E-state index in [0.717, 1.165) is 5.92 Å². The molecular weight excluding hydrogens is 136 g/mol. The van der Waals surface area contributed by atoms with Gasteiger partial charge in [-0.15, -0.1) is 0 Å². The van der Waals surface area contributed by atoms with E-state index in [9.17, 15) is 0 Å². The van der Waals surface area contributed by atoms with E-state index in [-0.39, 0.29) is 0 Å². The Balaban J connectivity index is 1.53. The minimum absolute atomic E-state index is 0.539. The summed E-state index contributed by atoms with van der Waals surface area (Å²) in [5.41, 5.74) is 0.539. The van der Waals surface area contributed by atoms with Crippen LogP contribution in [0.3, 0.4) is 0 Å². The zero-order valence-corrected chi connectivity index (χ0v) is 7.32. The fraction of sp³-hybridized carbons (Fsp3) is 1.00. The first-order valence-electron chi connectivity index (χ1n) is 4.74. The molecule has 2 N–H and O–H groups in total. The molecule has 0 aromatic rings. The lowest BCUT2D eigenvalue weighted by Crippen LogP contribution is -2.44. The second-order valence-electron chi connectivity index (χ2n) is 4.30. The summed E-state index contributed by atoms with van der Waals surface area (Å²) >= 11 is 0. The molecule has 1 aliphatic heterocycles. The fourth-order valence-corrected chi connectivity index (χ4v) is 1.49. The first-order chi connectivity index (χ1) is 5.29. The third-order valence-corrected chi connectivity index (χ3v) is 2.97. The Morgan fingerprint density at radius 2 is 2.18 bits per heavy atom. The summed E-state index contributed by atoms with van der Waals surface area (Å²) in [5, 5.41) is 6.90. The Labute approximate surface area is 68.7 Å². The van der Waals surface area contributed by atoms with E-state index >= 15 is 0 Å². The molecule has 1 saturated heterocycles. The zero-order valence-electron chi connectivity index (χ0n) is 7.32. The van der Waals surface area contributed by atoms with Gasteiger partial charge < -0.3 is 10.6 Å². The van der Waals surface area contributed by atoms with Gasteiger partial charge in [0.25, 0.3) is 0 Å². The average Bonchev–Trinajstić information content (AvgIpc) is 2.57. The van der Waals surface area contributed by atoms with Crippen LogP contribution in [0.4, 0.5) is 0 Å². The molecule has 0 unspecified atom stereocenters. The Hall–Kier alpha value is -0.0800. The number of hydrogen-bond donors (Lipinski definition) is 2. The molecular formula is C9H18N2. The van der Waals surface area contributed by atoms with Gasteiger partial charge in [0.05, 0.1) is 0 Å². The highest BCUT2D eigenvalue weighted by Crippen LogP contribution is 2.34. The summed E-state index contributed by atoms with van der Waals surface area (Å²) in [5.74, 6) is 0.963. The lowest BCUT2D eigenvalue weighted by molar-refractivity contribution is 0.316. The predicted octanol–water partition coefficient (Wildman–Crippen LogP) is 0.738. The van der Waals surface area contributed by atoms with Crippen molar-refractivity contribution in [3.8, 4) is 0 Å². The Bertz CT molecular complexity index is 136. The largest absolute Gasteiger partial charge is 0.316 e. The molecule has 11 heavy (non-hydrogen) atoms. The molecule has 2 fully saturated rings. The van der Waals surface area contributed by atoms with Gasteiger partial charge in [-0.2, -0.15) is 0 Å². The van der Waals surface area contributed by atoms with Crippen molar-refractivity contribution in [2.45, 2.75) is 31.7 Å². The molecule has 0 radical (unpaired) electrons. The zero-order chi connectivity index (χ0) is 7.73. The molecule has 0 aromatic carbocycles. The lowest BCUT2D eigenvalue weighted by atomic mass is 9.99. The summed E-state index contributed by atoms with van der Waals surface area (Å²) in [4.78, 5) is 0. The molecule has 2 nitrogen and oxygen atoms in total. The Morgan fingerprint density at radius 3 is 2.64 bits per heavy atom. The predicted molar refractivity (Wildman–Crippen MR) is 46.6 cm³/mol. The first-order valence-corrected chi connectivity index (χ1v) is 4.74. The van der Waals surface area contributed by atoms with E-state index in [0.29, 0.717) is 5.54 Å². The number of hydrogen-bond acceptors (Lipinski definition) is 2. The van der Waals surface area contributed by atoms with Crippen LogP contribution < -0.4 is 10.6 Å². The van der Waals surface area contributed by atoms with Crippen molar-refractivity contribution in [1.29, 1.82) is 0 Å². The quantitative estimate of drug-likeness (QED) is 0.624. The van der Waals surface area contributed by atoms with E-state index < -0.39 is 0 Å². The highest BCUT2D eigenvalue weighted by molar-refractivity contribution is 4.97. The van der Waals surface area contributed by atoms with Crippen molar-refractivity contribution in [2.24, 2.45) is 5.92 Å². The maximum absolute atomic E-state index is 3.60. The molecule has 2 heteroatoms. The molecule has 0 amide bonds. The van der Waals surface area contributed by atoms with Crippen LogP contribution in [-0.4, -0.2) is 25.2 Å². The van der Waals surface area contributed by atoms with Crippen LogP contribution in [-0.2, 0) is 0 Å². The Kier molecular flexibility index (Phi) is 1.90. The topological polar surface area (TPSA) is 24.1 Å².